The Morgan fingerprint density at radius 1 is 0.929 bits per heavy atom. The van der Waals surface area contributed by atoms with Gasteiger partial charge in [-0.25, -0.2) is 0 Å². The molecule has 6 heteroatoms. The number of ether oxygens (including phenoxy) is 2. The van der Waals surface area contributed by atoms with Crippen LogP contribution in [0.5, 0.6) is 11.5 Å². The molecule has 0 aliphatic rings. The van der Waals surface area contributed by atoms with Gasteiger partial charge in [-0.2, -0.15) is 0 Å². The van der Waals surface area contributed by atoms with Crippen molar-refractivity contribution in [3.05, 3.63) is 53.6 Å². The molecule has 0 saturated carbocycles. The minimum absolute atomic E-state index is 0.0174. The Hall–Kier alpha value is -3.02. The lowest BCUT2D eigenvalue weighted by Crippen LogP contribution is -2.23. The van der Waals surface area contributed by atoms with Crippen LogP contribution in [0.15, 0.2) is 42.5 Å². The van der Waals surface area contributed by atoms with Gasteiger partial charge >= 0.3 is 0 Å². The molecule has 0 saturated heterocycles. The largest absolute Gasteiger partial charge is 0.493 e. The van der Waals surface area contributed by atoms with Gasteiger partial charge in [0.1, 0.15) is 0 Å². The SMILES string of the molecule is COc1ccc(CCC(=O)NCc2ccc(NC(=O)C(C)C)cc2)cc1OC. The van der Waals surface area contributed by atoms with E-state index < -0.39 is 0 Å². The molecule has 2 rings (SSSR count). The Labute approximate surface area is 166 Å². The molecule has 2 aromatic rings. The van der Waals surface area contributed by atoms with Crippen LogP contribution in [-0.2, 0) is 22.6 Å². The number of carbonyl (C=O) groups excluding carboxylic acids is 2. The first kappa shape index (κ1) is 21.3. The zero-order valence-corrected chi connectivity index (χ0v) is 16.9. The summed E-state index contributed by atoms with van der Waals surface area (Å²) in [5, 5.41) is 5.76. The molecule has 0 aromatic heterocycles. The Balaban J connectivity index is 1.80. The van der Waals surface area contributed by atoms with Crippen LogP contribution in [0.4, 0.5) is 5.69 Å². The minimum atomic E-state index is -0.0652. The van der Waals surface area contributed by atoms with E-state index in [0.717, 1.165) is 16.8 Å². The number of anilines is 1. The highest BCUT2D eigenvalue weighted by atomic mass is 16.5. The van der Waals surface area contributed by atoms with Gasteiger partial charge in [0.2, 0.25) is 11.8 Å². The number of methoxy groups -OCH3 is 2. The van der Waals surface area contributed by atoms with E-state index in [9.17, 15) is 9.59 Å². The fourth-order valence-corrected chi connectivity index (χ4v) is 2.58. The van der Waals surface area contributed by atoms with Crippen LogP contribution in [-0.4, -0.2) is 26.0 Å². The average molecular weight is 384 g/mol. The maximum Gasteiger partial charge on any atom is 0.226 e. The van der Waals surface area contributed by atoms with Gasteiger partial charge in [0.15, 0.2) is 11.5 Å². The number of aryl methyl sites for hydroxylation is 1. The Kier molecular flexibility index (Phi) is 7.87. The van der Waals surface area contributed by atoms with Gasteiger partial charge in [-0.1, -0.05) is 32.0 Å². The molecule has 28 heavy (non-hydrogen) atoms. The molecule has 6 nitrogen and oxygen atoms in total. The maximum atomic E-state index is 12.1. The Bertz CT molecular complexity index is 801. The third-order valence-corrected chi connectivity index (χ3v) is 4.32. The molecule has 0 radical (unpaired) electrons. The zero-order valence-electron chi connectivity index (χ0n) is 16.9. The summed E-state index contributed by atoms with van der Waals surface area (Å²) in [5.41, 5.74) is 2.74. The molecule has 0 aliphatic heterocycles. The number of rotatable bonds is 9. The van der Waals surface area contributed by atoms with E-state index in [1.807, 2.05) is 56.3 Å². The summed E-state index contributed by atoms with van der Waals surface area (Å²) < 4.78 is 10.5. The summed E-state index contributed by atoms with van der Waals surface area (Å²) in [7, 11) is 3.18. The maximum absolute atomic E-state index is 12.1. The van der Waals surface area contributed by atoms with Crippen molar-refractivity contribution in [3.8, 4) is 11.5 Å². The average Bonchev–Trinajstić information content (AvgIpc) is 2.71. The predicted octanol–water partition coefficient (Wildman–Crippen LogP) is 3.55. The van der Waals surface area contributed by atoms with Crippen molar-refractivity contribution in [2.24, 2.45) is 5.92 Å². The molecular formula is C22H28N2O4. The molecule has 0 atom stereocenters. The third kappa shape index (κ3) is 6.30. The van der Waals surface area contributed by atoms with E-state index in [0.29, 0.717) is 30.9 Å². The van der Waals surface area contributed by atoms with Gasteiger partial charge < -0.3 is 20.1 Å². The minimum Gasteiger partial charge on any atom is -0.493 e. The van der Waals surface area contributed by atoms with Gasteiger partial charge in [-0.15, -0.1) is 0 Å². The Morgan fingerprint density at radius 2 is 1.57 bits per heavy atom. The first-order chi connectivity index (χ1) is 13.4. The summed E-state index contributed by atoms with van der Waals surface area (Å²) in [6.45, 7) is 4.14. The van der Waals surface area contributed by atoms with E-state index in [2.05, 4.69) is 10.6 Å². The van der Waals surface area contributed by atoms with Crippen LogP contribution in [0.25, 0.3) is 0 Å². The van der Waals surface area contributed by atoms with Gasteiger partial charge in [0.25, 0.3) is 0 Å². The molecule has 0 bridgehead atoms. The van der Waals surface area contributed by atoms with Crippen molar-refractivity contribution in [2.45, 2.75) is 33.2 Å². The van der Waals surface area contributed by atoms with Crippen LogP contribution >= 0.6 is 0 Å². The number of hydrogen-bond donors (Lipinski definition) is 2. The predicted molar refractivity (Wildman–Crippen MR) is 110 cm³/mol. The van der Waals surface area contributed by atoms with Crippen molar-refractivity contribution < 1.29 is 19.1 Å². The van der Waals surface area contributed by atoms with E-state index in [1.54, 1.807) is 14.2 Å². The first-order valence-electron chi connectivity index (χ1n) is 9.30. The molecule has 2 aromatic carbocycles. The highest BCUT2D eigenvalue weighted by molar-refractivity contribution is 5.92. The molecule has 0 unspecified atom stereocenters. The molecule has 150 valence electrons. The van der Waals surface area contributed by atoms with Crippen molar-refractivity contribution in [3.63, 3.8) is 0 Å². The van der Waals surface area contributed by atoms with E-state index >= 15 is 0 Å². The number of carbonyl (C=O) groups is 2. The quantitative estimate of drug-likeness (QED) is 0.693. The molecule has 2 N–H and O–H groups in total. The van der Waals surface area contributed by atoms with E-state index in [1.165, 1.54) is 0 Å². The second-order valence-corrected chi connectivity index (χ2v) is 6.81. The summed E-state index contributed by atoms with van der Waals surface area (Å²) >= 11 is 0. The fourth-order valence-electron chi connectivity index (χ4n) is 2.58. The first-order valence-corrected chi connectivity index (χ1v) is 9.30. The lowest BCUT2D eigenvalue weighted by atomic mass is 10.1. The van der Waals surface area contributed by atoms with Crippen molar-refractivity contribution in [1.82, 2.24) is 5.32 Å². The molecule has 0 fully saturated rings. The van der Waals surface area contributed by atoms with Crippen LogP contribution in [0.1, 0.15) is 31.4 Å². The smallest absolute Gasteiger partial charge is 0.226 e. The number of nitrogens with one attached hydrogen (secondary N) is 2. The standard InChI is InChI=1S/C22H28N2O4/c1-15(2)22(26)24-18-9-5-17(6-10-18)14-23-21(25)12-8-16-7-11-19(27-3)20(13-16)28-4/h5-7,9-11,13,15H,8,12,14H2,1-4H3,(H,23,25)(H,24,26). The zero-order chi connectivity index (χ0) is 20.5. The lowest BCUT2D eigenvalue weighted by molar-refractivity contribution is -0.121. The van der Waals surface area contributed by atoms with Crippen molar-refractivity contribution in [1.29, 1.82) is 0 Å². The molecule has 2 amide bonds. The third-order valence-electron chi connectivity index (χ3n) is 4.32. The number of amides is 2. The summed E-state index contributed by atoms with van der Waals surface area (Å²) in [5.74, 6) is 1.22. The van der Waals surface area contributed by atoms with E-state index in [-0.39, 0.29) is 17.7 Å². The number of hydrogen-bond acceptors (Lipinski definition) is 4. The lowest BCUT2D eigenvalue weighted by Gasteiger charge is -2.10. The van der Waals surface area contributed by atoms with Crippen LogP contribution in [0, 0.1) is 5.92 Å². The fraction of sp³-hybridized carbons (Fsp3) is 0.364. The molecular weight excluding hydrogens is 356 g/mol. The van der Waals surface area contributed by atoms with E-state index in [4.69, 9.17) is 9.47 Å². The Morgan fingerprint density at radius 3 is 2.18 bits per heavy atom. The van der Waals surface area contributed by atoms with Crippen LogP contribution in [0.2, 0.25) is 0 Å². The van der Waals surface area contributed by atoms with Gasteiger partial charge in [0.05, 0.1) is 14.2 Å². The molecule has 0 heterocycles. The monoisotopic (exact) mass is 384 g/mol. The second kappa shape index (κ2) is 10.3. The van der Waals surface area contributed by atoms with Gasteiger partial charge in [-0.3, -0.25) is 9.59 Å². The van der Waals surface area contributed by atoms with Gasteiger partial charge in [0, 0.05) is 24.6 Å². The summed E-state index contributed by atoms with van der Waals surface area (Å²) in [6.07, 6.45) is 1.00. The molecule has 0 aliphatic carbocycles. The highest BCUT2D eigenvalue weighted by Gasteiger charge is 2.08. The summed E-state index contributed by atoms with van der Waals surface area (Å²) in [4.78, 5) is 23.8. The topological polar surface area (TPSA) is 76.7 Å². The summed E-state index contributed by atoms with van der Waals surface area (Å²) in [6, 6.07) is 13.1. The van der Waals surface area contributed by atoms with Crippen LogP contribution in [0.3, 0.4) is 0 Å². The number of benzene rings is 2. The van der Waals surface area contributed by atoms with Crippen molar-refractivity contribution in [2.75, 3.05) is 19.5 Å². The van der Waals surface area contributed by atoms with Gasteiger partial charge in [-0.05, 0) is 41.8 Å². The highest BCUT2D eigenvalue weighted by Crippen LogP contribution is 2.27. The van der Waals surface area contributed by atoms with Crippen LogP contribution < -0.4 is 20.1 Å². The second-order valence-electron chi connectivity index (χ2n) is 6.81. The molecule has 0 spiro atoms. The van der Waals surface area contributed by atoms with Crippen molar-refractivity contribution >= 4 is 17.5 Å². The normalized spacial score (nSPS) is 10.5.